The molecule has 1 aliphatic rings. The Morgan fingerprint density at radius 1 is 1.39 bits per heavy atom. The van der Waals surface area contributed by atoms with Gasteiger partial charge in [0.1, 0.15) is 11.9 Å². The minimum atomic E-state index is 0.293. The van der Waals surface area contributed by atoms with E-state index in [2.05, 4.69) is 10.4 Å². The fourth-order valence-electron chi connectivity index (χ4n) is 2.10. The standard InChI is InChI=1S/C13H14ClN3O/c14-10-3-1-4-11(7-10)18-12-8-16-17(9-12)13-5-2-6-15-13/h1,3-4,7-9,13,15H,2,5-6H2. The highest BCUT2D eigenvalue weighted by molar-refractivity contribution is 6.30. The topological polar surface area (TPSA) is 39.1 Å². The largest absolute Gasteiger partial charge is 0.454 e. The van der Waals surface area contributed by atoms with E-state index in [1.165, 1.54) is 6.42 Å². The molecule has 1 saturated heterocycles. The Labute approximate surface area is 111 Å². The van der Waals surface area contributed by atoms with Crippen LogP contribution in [0.3, 0.4) is 0 Å². The second-order valence-electron chi connectivity index (χ2n) is 4.33. The van der Waals surface area contributed by atoms with Gasteiger partial charge in [-0.15, -0.1) is 0 Å². The van der Waals surface area contributed by atoms with E-state index in [9.17, 15) is 0 Å². The number of ether oxygens (including phenoxy) is 1. The molecule has 3 rings (SSSR count). The summed E-state index contributed by atoms with van der Waals surface area (Å²) in [6.07, 6.45) is 6.22. The van der Waals surface area contributed by atoms with Gasteiger partial charge in [-0.05, 0) is 37.6 Å². The molecule has 2 aromatic rings. The van der Waals surface area contributed by atoms with Gasteiger partial charge in [-0.1, -0.05) is 17.7 Å². The van der Waals surface area contributed by atoms with Crippen LogP contribution in [0.2, 0.25) is 5.02 Å². The van der Waals surface area contributed by atoms with Gasteiger partial charge >= 0.3 is 0 Å². The van der Waals surface area contributed by atoms with Gasteiger partial charge in [0.15, 0.2) is 5.75 Å². The predicted octanol–water partition coefficient (Wildman–Crippen LogP) is 3.21. The van der Waals surface area contributed by atoms with Crippen molar-refractivity contribution in [3.8, 4) is 11.5 Å². The average molecular weight is 264 g/mol. The molecule has 0 bridgehead atoms. The van der Waals surface area contributed by atoms with Crippen molar-refractivity contribution in [2.24, 2.45) is 0 Å². The molecule has 1 aromatic heterocycles. The molecule has 94 valence electrons. The maximum absolute atomic E-state index is 5.91. The van der Waals surface area contributed by atoms with E-state index < -0.39 is 0 Å². The number of benzene rings is 1. The Morgan fingerprint density at radius 2 is 2.33 bits per heavy atom. The normalized spacial score (nSPS) is 19.1. The van der Waals surface area contributed by atoms with Crippen LogP contribution >= 0.6 is 11.6 Å². The molecule has 18 heavy (non-hydrogen) atoms. The maximum atomic E-state index is 5.91. The zero-order valence-corrected chi connectivity index (χ0v) is 10.6. The first-order chi connectivity index (χ1) is 8.81. The highest BCUT2D eigenvalue weighted by Gasteiger charge is 2.16. The molecule has 0 radical (unpaired) electrons. The molecule has 0 aliphatic carbocycles. The molecule has 1 atom stereocenters. The Morgan fingerprint density at radius 3 is 3.11 bits per heavy atom. The molecular weight excluding hydrogens is 250 g/mol. The van der Waals surface area contributed by atoms with Gasteiger partial charge in [0.2, 0.25) is 0 Å². The molecule has 0 amide bonds. The molecule has 1 unspecified atom stereocenters. The number of nitrogens with one attached hydrogen (secondary N) is 1. The molecule has 1 N–H and O–H groups in total. The smallest absolute Gasteiger partial charge is 0.165 e. The average Bonchev–Trinajstić information content (AvgIpc) is 2.98. The maximum Gasteiger partial charge on any atom is 0.165 e. The number of halogens is 1. The van der Waals surface area contributed by atoms with Gasteiger partial charge in [-0.3, -0.25) is 10.00 Å². The van der Waals surface area contributed by atoms with Crippen LogP contribution in [0.5, 0.6) is 11.5 Å². The Hall–Kier alpha value is -1.52. The minimum Gasteiger partial charge on any atom is -0.454 e. The SMILES string of the molecule is Clc1cccc(Oc2cnn(C3CCCN3)c2)c1. The van der Waals surface area contributed by atoms with E-state index >= 15 is 0 Å². The third-order valence-corrected chi connectivity index (χ3v) is 3.20. The van der Waals surface area contributed by atoms with Crippen molar-refractivity contribution >= 4 is 11.6 Å². The molecular formula is C13H14ClN3O. The Kier molecular flexibility index (Phi) is 3.21. The summed E-state index contributed by atoms with van der Waals surface area (Å²) in [4.78, 5) is 0. The van der Waals surface area contributed by atoms with E-state index in [0.29, 0.717) is 11.2 Å². The van der Waals surface area contributed by atoms with Crippen molar-refractivity contribution in [2.75, 3.05) is 6.54 Å². The van der Waals surface area contributed by atoms with E-state index in [1.807, 2.05) is 29.1 Å². The number of aromatic nitrogens is 2. The van der Waals surface area contributed by atoms with Gasteiger partial charge in [-0.2, -0.15) is 5.10 Å². The number of hydrogen-bond donors (Lipinski definition) is 1. The highest BCUT2D eigenvalue weighted by atomic mass is 35.5. The van der Waals surface area contributed by atoms with Gasteiger partial charge in [0.25, 0.3) is 0 Å². The third kappa shape index (κ3) is 2.49. The molecule has 5 heteroatoms. The second-order valence-corrected chi connectivity index (χ2v) is 4.76. The fraction of sp³-hybridized carbons (Fsp3) is 0.308. The molecule has 4 nitrogen and oxygen atoms in total. The number of hydrogen-bond acceptors (Lipinski definition) is 3. The van der Waals surface area contributed by atoms with Crippen LogP contribution in [-0.4, -0.2) is 16.3 Å². The quantitative estimate of drug-likeness (QED) is 0.924. The molecule has 1 fully saturated rings. The summed E-state index contributed by atoms with van der Waals surface area (Å²) in [6, 6.07) is 7.34. The first-order valence-corrected chi connectivity index (χ1v) is 6.40. The summed E-state index contributed by atoms with van der Waals surface area (Å²) < 4.78 is 7.61. The lowest BCUT2D eigenvalue weighted by Gasteiger charge is -2.09. The van der Waals surface area contributed by atoms with Crippen LogP contribution < -0.4 is 10.1 Å². The highest BCUT2D eigenvalue weighted by Crippen LogP contribution is 2.25. The van der Waals surface area contributed by atoms with Crippen molar-refractivity contribution in [2.45, 2.75) is 19.0 Å². The monoisotopic (exact) mass is 263 g/mol. The summed E-state index contributed by atoms with van der Waals surface area (Å²) in [6.45, 7) is 1.05. The van der Waals surface area contributed by atoms with Crippen LogP contribution in [0.4, 0.5) is 0 Å². The van der Waals surface area contributed by atoms with Gasteiger partial charge in [0, 0.05) is 5.02 Å². The first-order valence-electron chi connectivity index (χ1n) is 6.02. The van der Waals surface area contributed by atoms with Crippen molar-refractivity contribution < 1.29 is 4.74 Å². The van der Waals surface area contributed by atoms with E-state index in [0.717, 1.165) is 24.5 Å². The summed E-state index contributed by atoms with van der Waals surface area (Å²) in [5, 5.41) is 8.36. The van der Waals surface area contributed by atoms with E-state index in [-0.39, 0.29) is 0 Å². The summed E-state index contributed by atoms with van der Waals surface area (Å²) in [5.74, 6) is 1.45. The third-order valence-electron chi connectivity index (χ3n) is 2.96. The zero-order valence-electron chi connectivity index (χ0n) is 9.84. The fourth-order valence-corrected chi connectivity index (χ4v) is 2.28. The summed E-state index contributed by atoms with van der Waals surface area (Å²) >= 11 is 5.91. The van der Waals surface area contributed by atoms with Crippen LogP contribution in [-0.2, 0) is 0 Å². The second kappa shape index (κ2) is 5.00. The summed E-state index contributed by atoms with van der Waals surface area (Å²) in [5.41, 5.74) is 0. The molecule has 2 heterocycles. The van der Waals surface area contributed by atoms with Gasteiger partial charge < -0.3 is 4.74 Å². The molecule has 1 aliphatic heterocycles. The lowest BCUT2D eigenvalue weighted by molar-refractivity contribution is 0.421. The van der Waals surface area contributed by atoms with Crippen LogP contribution in [0.15, 0.2) is 36.7 Å². The lowest BCUT2D eigenvalue weighted by atomic mass is 10.3. The lowest BCUT2D eigenvalue weighted by Crippen LogP contribution is -2.19. The van der Waals surface area contributed by atoms with Crippen molar-refractivity contribution in [3.63, 3.8) is 0 Å². The molecule has 1 aromatic carbocycles. The van der Waals surface area contributed by atoms with E-state index in [1.54, 1.807) is 12.3 Å². The van der Waals surface area contributed by atoms with Crippen molar-refractivity contribution in [1.29, 1.82) is 0 Å². The minimum absolute atomic E-state index is 0.293. The number of rotatable bonds is 3. The molecule has 0 saturated carbocycles. The Bertz CT molecular complexity index is 535. The molecule has 0 spiro atoms. The summed E-state index contributed by atoms with van der Waals surface area (Å²) in [7, 11) is 0. The number of nitrogens with zero attached hydrogens (tertiary/aromatic N) is 2. The predicted molar refractivity (Wildman–Crippen MR) is 70.0 cm³/mol. The van der Waals surface area contributed by atoms with Crippen LogP contribution in [0, 0.1) is 0 Å². The van der Waals surface area contributed by atoms with Crippen molar-refractivity contribution in [3.05, 3.63) is 41.7 Å². The van der Waals surface area contributed by atoms with Crippen molar-refractivity contribution in [1.82, 2.24) is 15.1 Å². The zero-order chi connectivity index (χ0) is 12.4. The van der Waals surface area contributed by atoms with Gasteiger partial charge in [-0.25, -0.2) is 0 Å². The van der Waals surface area contributed by atoms with E-state index in [4.69, 9.17) is 16.3 Å². The first kappa shape index (κ1) is 11.6. The Balaban J connectivity index is 1.73. The van der Waals surface area contributed by atoms with Crippen LogP contribution in [0.1, 0.15) is 19.0 Å². The van der Waals surface area contributed by atoms with Gasteiger partial charge in [0.05, 0.1) is 12.4 Å². The van der Waals surface area contributed by atoms with Crippen LogP contribution in [0.25, 0.3) is 0 Å².